The van der Waals surface area contributed by atoms with Crippen LogP contribution in [0.3, 0.4) is 0 Å². The van der Waals surface area contributed by atoms with Crippen LogP contribution in [0.2, 0.25) is 0 Å². The van der Waals surface area contributed by atoms with E-state index in [1.165, 1.54) is 0 Å². The normalized spacial score (nSPS) is 14.6. The number of ether oxygens (including phenoxy) is 1. The summed E-state index contributed by atoms with van der Waals surface area (Å²) in [5.41, 5.74) is 2.78. The topological polar surface area (TPSA) is 69.0 Å². The third-order valence-corrected chi connectivity index (χ3v) is 3.98. The van der Waals surface area contributed by atoms with E-state index in [-0.39, 0.29) is 5.91 Å². The molecule has 0 aliphatic carbocycles. The lowest BCUT2D eigenvalue weighted by Crippen LogP contribution is -2.15. The maximum absolute atomic E-state index is 12.5. The molecule has 1 N–H and O–H groups in total. The van der Waals surface area contributed by atoms with Crippen molar-refractivity contribution in [1.29, 1.82) is 0 Å². The van der Waals surface area contributed by atoms with Gasteiger partial charge in [0.2, 0.25) is 5.95 Å². The quantitative estimate of drug-likeness (QED) is 0.749. The summed E-state index contributed by atoms with van der Waals surface area (Å²) in [5.74, 6) is 0.950. The fraction of sp³-hybridized carbons (Fsp3) is 0.105. The third kappa shape index (κ3) is 3.14. The summed E-state index contributed by atoms with van der Waals surface area (Å²) in [7, 11) is 0. The van der Waals surface area contributed by atoms with Gasteiger partial charge in [-0.3, -0.25) is 14.7 Å². The zero-order valence-electron chi connectivity index (χ0n) is 13.4. The van der Waals surface area contributed by atoms with Crippen LogP contribution in [0, 0.1) is 0 Å². The van der Waals surface area contributed by atoms with E-state index in [9.17, 15) is 4.79 Å². The standard InChI is InChI=1S/C19H16N4O2/c24-18(12-14-10-11-25-17-9-5-4-8-16(14)17)21-19-22-20-13-23(19)15-6-2-1-3-7-15/h1-9,12-13H,10-11H2,(H,21,22,24)/b14-12-. The number of nitrogens with zero attached hydrogens (tertiary/aromatic N) is 3. The Morgan fingerprint density at radius 1 is 1.12 bits per heavy atom. The average molecular weight is 332 g/mol. The van der Waals surface area contributed by atoms with E-state index in [1.807, 2.05) is 54.6 Å². The van der Waals surface area contributed by atoms with E-state index in [0.717, 1.165) is 22.6 Å². The molecule has 2 aromatic carbocycles. The van der Waals surface area contributed by atoms with Crippen molar-refractivity contribution in [3.8, 4) is 11.4 Å². The van der Waals surface area contributed by atoms with Gasteiger partial charge in [0.25, 0.3) is 5.91 Å². The Morgan fingerprint density at radius 2 is 1.92 bits per heavy atom. The Bertz CT molecular complexity index is 931. The fourth-order valence-corrected chi connectivity index (χ4v) is 2.82. The van der Waals surface area contributed by atoms with Crippen LogP contribution in [0.1, 0.15) is 12.0 Å². The number of amides is 1. The molecule has 25 heavy (non-hydrogen) atoms. The molecule has 0 radical (unpaired) electrons. The summed E-state index contributed by atoms with van der Waals surface area (Å²) in [6, 6.07) is 17.3. The molecule has 1 aromatic heterocycles. The van der Waals surface area contributed by atoms with Crippen LogP contribution in [0.15, 0.2) is 67.0 Å². The molecule has 0 saturated heterocycles. The lowest BCUT2D eigenvalue weighted by molar-refractivity contribution is -0.111. The van der Waals surface area contributed by atoms with E-state index in [1.54, 1.807) is 17.0 Å². The van der Waals surface area contributed by atoms with Gasteiger partial charge in [0.05, 0.1) is 12.3 Å². The number of benzene rings is 2. The van der Waals surface area contributed by atoms with E-state index >= 15 is 0 Å². The van der Waals surface area contributed by atoms with Gasteiger partial charge in [0.1, 0.15) is 12.1 Å². The molecule has 0 fully saturated rings. The van der Waals surface area contributed by atoms with Crippen molar-refractivity contribution in [3.63, 3.8) is 0 Å². The highest BCUT2D eigenvalue weighted by molar-refractivity contribution is 6.03. The van der Waals surface area contributed by atoms with Crippen LogP contribution < -0.4 is 10.1 Å². The highest BCUT2D eigenvalue weighted by Crippen LogP contribution is 2.32. The smallest absolute Gasteiger partial charge is 0.251 e. The minimum atomic E-state index is -0.239. The van der Waals surface area contributed by atoms with Crippen molar-refractivity contribution >= 4 is 17.4 Å². The molecule has 124 valence electrons. The molecule has 0 atom stereocenters. The lowest BCUT2D eigenvalue weighted by atomic mass is 9.99. The Balaban J connectivity index is 1.58. The predicted molar refractivity (Wildman–Crippen MR) is 94.5 cm³/mol. The van der Waals surface area contributed by atoms with Crippen molar-refractivity contribution in [3.05, 3.63) is 72.6 Å². The number of anilines is 1. The van der Waals surface area contributed by atoms with Gasteiger partial charge >= 0.3 is 0 Å². The van der Waals surface area contributed by atoms with Gasteiger partial charge in [-0.2, -0.15) is 0 Å². The number of rotatable bonds is 3. The first kappa shape index (κ1) is 15.1. The summed E-state index contributed by atoms with van der Waals surface area (Å²) < 4.78 is 7.35. The van der Waals surface area contributed by atoms with E-state index in [4.69, 9.17) is 4.74 Å². The Hall–Kier alpha value is -3.41. The van der Waals surface area contributed by atoms with E-state index in [0.29, 0.717) is 19.0 Å². The summed E-state index contributed by atoms with van der Waals surface area (Å²) in [4.78, 5) is 12.5. The minimum absolute atomic E-state index is 0.239. The van der Waals surface area contributed by atoms with Crippen molar-refractivity contribution in [1.82, 2.24) is 14.8 Å². The average Bonchev–Trinajstić information content (AvgIpc) is 3.11. The number of hydrogen-bond donors (Lipinski definition) is 1. The highest BCUT2D eigenvalue weighted by atomic mass is 16.5. The molecule has 0 saturated carbocycles. The number of aromatic nitrogens is 3. The number of hydrogen-bond acceptors (Lipinski definition) is 4. The first-order valence-electron chi connectivity index (χ1n) is 8.00. The van der Waals surface area contributed by atoms with Gasteiger partial charge in [-0.25, -0.2) is 0 Å². The van der Waals surface area contributed by atoms with E-state index in [2.05, 4.69) is 15.5 Å². The maximum Gasteiger partial charge on any atom is 0.251 e. The largest absolute Gasteiger partial charge is 0.493 e. The van der Waals surface area contributed by atoms with Crippen molar-refractivity contribution in [2.24, 2.45) is 0 Å². The molecule has 2 heterocycles. The Morgan fingerprint density at radius 3 is 2.80 bits per heavy atom. The number of fused-ring (bicyclic) bond motifs is 1. The molecule has 0 unspecified atom stereocenters. The number of nitrogens with one attached hydrogen (secondary N) is 1. The van der Waals surface area contributed by atoms with Crippen molar-refractivity contribution < 1.29 is 9.53 Å². The minimum Gasteiger partial charge on any atom is -0.493 e. The molecule has 0 spiro atoms. The van der Waals surface area contributed by atoms with Gasteiger partial charge in [-0.15, -0.1) is 10.2 Å². The van der Waals surface area contributed by atoms with Crippen LogP contribution in [0.25, 0.3) is 11.3 Å². The van der Waals surface area contributed by atoms with Crippen LogP contribution in [-0.2, 0) is 4.79 Å². The summed E-state index contributed by atoms with van der Waals surface area (Å²) in [5, 5.41) is 10.7. The first-order valence-corrected chi connectivity index (χ1v) is 8.00. The molecule has 0 bridgehead atoms. The maximum atomic E-state index is 12.5. The highest BCUT2D eigenvalue weighted by Gasteiger charge is 2.16. The van der Waals surface area contributed by atoms with Gasteiger partial charge in [0, 0.05) is 18.1 Å². The molecule has 1 aliphatic heterocycles. The lowest BCUT2D eigenvalue weighted by Gasteiger charge is -2.19. The predicted octanol–water partition coefficient (Wildman–Crippen LogP) is 3.07. The Kier molecular flexibility index (Phi) is 4.00. The monoisotopic (exact) mass is 332 g/mol. The second-order valence-corrected chi connectivity index (χ2v) is 5.61. The summed E-state index contributed by atoms with van der Waals surface area (Å²) >= 11 is 0. The number of para-hydroxylation sites is 2. The second-order valence-electron chi connectivity index (χ2n) is 5.61. The van der Waals surface area contributed by atoms with Gasteiger partial charge < -0.3 is 4.74 Å². The summed E-state index contributed by atoms with van der Waals surface area (Å²) in [6.45, 7) is 0.566. The molecule has 4 rings (SSSR count). The van der Waals surface area contributed by atoms with E-state index < -0.39 is 0 Å². The van der Waals surface area contributed by atoms with Crippen LogP contribution in [0.5, 0.6) is 5.75 Å². The van der Waals surface area contributed by atoms with Gasteiger partial charge in [-0.1, -0.05) is 36.4 Å². The fourth-order valence-electron chi connectivity index (χ4n) is 2.82. The second kappa shape index (κ2) is 6.60. The van der Waals surface area contributed by atoms with Crippen LogP contribution in [-0.4, -0.2) is 27.3 Å². The molecule has 6 nitrogen and oxygen atoms in total. The van der Waals surface area contributed by atoms with Gasteiger partial charge in [-0.05, 0) is 23.8 Å². The zero-order chi connectivity index (χ0) is 17.1. The molecular weight excluding hydrogens is 316 g/mol. The molecule has 1 aliphatic rings. The van der Waals surface area contributed by atoms with Crippen LogP contribution >= 0.6 is 0 Å². The Labute approximate surface area is 144 Å². The SMILES string of the molecule is O=C(/C=C1/CCOc2ccccc21)Nc1nncn1-c1ccccc1. The molecule has 3 aromatic rings. The zero-order valence-corrected chi connectivity index (χ0v) is 13.4. The van der Waals surface area contributed by atoms with Crippen molar-refractivity contribution in [2.45, 2.75) is 6.42 Å². The first-order chi connectivity index (χ1) is 12.3. The number of carbonyl (C=O) groups excluding carboxylic acids is 1. The third-order valence-electron chi connectivity index (χ3n) is 3.98. The molecule has 1 amide bonds. The summed E-state index contributed by atoms with van der Waals surface area (Å²) in [6.07, 6.45) is 3.86. The van der Waals surface area contributed by atoms with Crippen LogP contribution in [0.4, 0.5) is 5.95 Å². The number of carbonyl (C=O) groups is 1. The molecule has 6 heteroatoms. The molecular formula is C19H16N4O2. The van der Waals surface area contributed by atoms with Gasteiger partial charge in [0.15, 0.2) is 0 Å². The van der Waals surface area contributed by atoms with Crippen molar-refractivity contribution in [2.75, 3.05) is 11.9 Å².